The van der Waals surface area contributed by atoms with Crippen molar-refractivity contribution in [1.82, 2.24) is 0 Å². The van der Waals surface area contributed by atoms with Crippen molar-refractivity contribution in [2.45, 2.75) is 19.9 Å². The molecule has 0 heterocycles. The van der Waals surface area contributed by atoms with Crippen molar-refractivity contribution in [2.75, 3.05) is 18.1 Å². The SMILES string of the molecule is CCCS(=O)(=O)CCOc1ccc(CN)cc1Br. The predicted molar refractivity (Wildman–Crippen MR) is 76.5 cm³/mol. The summed E-state index contributed by atoms with van der Waals surface area (Å²) in [6.45, 7) is 2.48. The van der Waals surface area contributed by atoms with Gasteiger partial charge in [-0.15, -0.1) is 0 Å². The van der Waals surface area contributed by atoms with Crippen molar-refractivity contribution in [2.24, 2.45) is 5.73 Å². The first-order valence-corrected chi connectivity index (χ1v) is 8.41. The van der Waals surface area contributed by atoms with Crippen LogP contribution in [0.5, 0.6) is 5.75 Å². The molecule has 0 aliphatic heterocycles. The fourth-order valence-corrected chi connectivity index (χ4v) is 3.18. The smallest absolute Gasteiger partial charge is 0.153 e. The quantitative estimate of drug-likeness (QED) is 0.828. The van der Waals surface area contributed by atoms with Crippen LogP contribution in [0.2, 0.25) is 0 Å². The maximum atomic E-state index is 11.5. The highest BCUT2D eigenvalue weighted by Crippen LogP contribution is 2.25. The molecule has 102 valence electrons. The Labute approximate surface area is 117 Å². The lowest BCUT2D eigenvalue weighted by Gasteiger charge is -2.09. The van der Waals surface area contributed by atoms with E-state index in [1.807, 2.05) is 19.1 Å². The van der Waals surface area contributed by atoms with Gasteiger partial charge in [-0.25, -0.2) is 8.42 Å². The van der Waals surface area contributed by atoms with Gasteiger partial charge in [-0.05, 0) is 40.0 Å². The first kappa shape index (κ1) is 15.5. The van der Waals surface area contributed by atoms with E-state index in [0.29, 0.717) is 18.7 Å². The first-order chi connectivity index (χ1) is 8.48. The van der Waals surface area contributed by atoms with Crippen LogP contribution in [0.15, 0.2) is 22.7 Å². The van der Waals surface area contributed by atoms with E-state index < -0.39 is 9.84 Å². The van der Waals surface area contributed by atoms with Crippen LogP contribution in [-0.2, 0) is 16.4 Å². The van der Waals surface area contributed by atoms with E-state index in [-0.39, 0.29) is 18.1 Å². The van der Waals surface area contributed by atoms with Gasteiger partial charge in [0.2, 0.25) is 0 Å². The molecule has 6 heteroatoms. The Balaban J connectivity index is 2.54. The number of hydrogen-bond donors (Lipinski definition) is 1. The summed E-state index contributed by atoms with van der Waals surface area (Å²) in [6, 6.07) is 5.52. The van der Waals surface area contributed by atoms with E-state index in [9.17, 15) is 8.42 Å². The van der Waals surface area contributed by atoms with Crippen LogP contribution in [0, 0.1) is 0 Å². The molecule has 0 bridgehead atoms. The second kappa shape index (κ2) is 7.11. The Hall–Kier alpha value is -0.590. The van der Waals surface area contributed by atoms with Crippen molar-refractivity contribution in [3.05, 3.63) is 28.2 Å². The maximum absolute atomic E-state index is 11.5. The van der Waals surface area contributed by atoms with Gasteiger partial charge in [-0.1, -0.05) is 13.0 Å². The highest BCUT2D eigenvalue weighted by Gasteiger charge is 2.10. The molecule has 0 saturated heterocycles. The standard InChI is InChI=1S/C12H18BrNO3S/c1-2-6-18(15,16)7-5-17-12-4-3-10(9-14)8-11(12)13/h3-4,8H,2,5-7,9,14H2,1H3. The molecule has 1 rings (SSSR count). The first-order valence-electron chi connectivity index (χ1n) is 5.80. The summed E-state index contributed by atoms with van der Waals surface area (Å²) in [5.41, 5.74) is 6.51. The van der Waals surface area contributed by atoms with Crippen molar-refractivity contribution in [1.29, 1.82) is 0 Å². The summed E-state index contributed by atoms with van der Waals surface area (Å²) in [5.74, 6) is 0.897. The summed E-state index contributed by atoms with van der Waals surface area (Å²) in [5, 5.41) is 0. The third-order valence-corrected chi connectivity index (χ3v) is 4.84. The number of benzene rings is 1. The van der Waals surface area contributed by atoms with E-state index in [0.717, 1.165) is 10.0 Å². The molecule has 4 nitrogen and oxygen atoms in total. The molecule has 1 aromatic carbocycles. The van der Waals surface area contributed by atoms with Gasteiger partial charge in [-0.3, -0.25) is 0 Å². The van der Waals surface area contributed by atoms with Crippen LogP contribution in [0.25, 0.3) is 0 Å². The van der Waals surface area contributed by atoms with Crippen molar-refractivity contribution < 1.29 is 13.2 Å². The molecule has 2 N–H and O–H groups in total. The van der Waals surface area contributed by atoms with Gasteiger partial charge in [0.1, 0.15) is 12.4 Å². The Morgan fingerprint density at radius 1 is 1.33 bits per heavy atom. The number of hydrogen-bond acceptors (Lipinski definition) is 4. The second-order valence-corrected chi connectivity index (χ2v) is 7.13. The number of rotatable bonds is 7. The molecule has 0 saturated carbocycles. The van der Waals surface area contributed by atoms with Gasteiger partial charge in [0, 0.05) is 6.54 Å². The Kier molecular flexibility index (Phi) is 6.11. The molecule has 0 atom stereocenters. The third-order valence-electron chi connectivity index (χ3n) is 2.40. The van der Waals surface area contributed by atoms with Gasteiger partial charge in [0.15, 0.2) is 9.84 Å². The van der Waals surface area contributed by atoms with Gasteiger partial charge in [0.05, 0.1) is 16.0 Å². The highest BCUT2D eigenvalue weighted by atomic mass is 79.9. The molecule has 0 spiro atoms. The lowest BCUT2D eigenvalue weighted by atomic mass is 10.2. The van der Waals surface area contributed by atoms with Crippen molar-refractivity contribution in [3.63, 3.8) is 0 Å². The molecule has 0 radical (unpaired) electrons. The van der Waals surface area contributed by atoms with Crippen LogP contribution in [0.3, 0.4) is 0 Å². The summed E-state index contributed by atoms with van der Waals surface area (Å²) in [4.78, 5) is 0. The average Bonchev–Trinajstić information content (AvgIpc) is 2.31. The minimum Gasteiger partial charge on any atom is -0.491 e. The zero-order valence-electron chi connectivity index (χ0n) is 10.4. The monoisotopic (exact) mass is 335 g/mol. The average molecular weight is 336 g/mol. The topological polar surface area (TPSA) is 69.4 Å². The highest BCUT2D eigenvalue weighted by molar-refractivity contribution is 9.10. The molecule has 0 aliphatic rings. The van der Waals surface area contributed by atoms with E-state index in [4.69, 9.17) is 10.5 Å². The van der Waals surface area contributed by atoms with E-state index in [1.165, 1.54) is 0 Å². The third kappa shape index (κ3) is 4.96. The predicted octanol–water partition coefficient (Wildman–Crippen LogP) is 2.11. The maximum Gasteiger partial charge on any atom is 0.153 e. The Bertz CT molecular complexity index is 488. The summed E-state index contributed by atoms with van der Waals surface area (Å²) in [6.07, 6.45) is 0.636. The van der Waals surface area contributed by atoms with Crippen LogP contribution < -0.4 is 10.5 Å². The molecule has 0 fully saturated rings. The Morgan fingerprint density at radius 2 is 2.06 bits per heavy atom. The van der Waals surface area contributed by atoms with Crippen molar-refractivity contribution >= 4 is 25.8 Å². The molecule has 0 aromatic heterocycles. The molecular weight excluding hydrogens is 318 g/mol. The lowest BCUT2D eigenvalue weighted by Crippen LogP contribution is -2.16. The fourth-order valence-electron chi connectivity index (χ4n) is 1.48. The van der Waals surface area contributed by atoms with Crippen LogP contribution >= 0.6 is 15.9 Å². The normalized spacial score (nSPS) is 11.5. The largest absolute Gasteiger partial charge is 0.491 e. The summed E-state index contributed by atoms with van der Waals surface area (Å²) < 4.78 is 29.2. The summed E-state index contributed by atoms with van der Waals surface area (Å²) in [7, 11) is -2.99. The van der Waals surface area contributed by atoms with Gasteiger partial charge < -0.3 is 10.5 Å². The van der Waals surface area contributed by atoms with E-state index >= 15 is 0 Å². The minimum atomic E-state index is -2.99. The number of sulfone groups is 1. The van der Waals surface area contributed by atoms with Crippen LogP contribution in [0.1, 0.15) is 18.9 Å². The van der Waals surface area contributed by atoms with Crippen molar-refractivity contribution in [3.8, 4) is 5.75 Å². The summed E-state index contributed by atoms with van der Waals surface area (Å²) >= 11 is 3.37. The van der Waals surface area contributed by atoms with Gasteiger partial charge >= 0.3 is 0 Å². The molecular formula is C12H18BrNO3S. The van der Waals surface area contributed by atoms with Gasteiger partial charge in [0.25, 0.3) is 0 Å². The second-order valence-electron chi connectivity index (χ2n) is 3.97. The number of ether oxygens (including phenoxy) is 1. The molecule has 0 amide bonds. The minimum absolute atomic E-state index is 0.0475. The molecule has 1 aromatic rings. The Morgan fingerprint density at radius 3 is 2.61 bits per heavy atom. The van der Waals surface area contributed by atoms with Crippen LogP contribution in [0.4, 0.5) is 0 Å². The fraction of sp³-hybridized carbons (Fsp3) is 0.500. The zero-order chi connectivity index (χ0) is 13.6. The number of halogens is 1. The van der Waals surface area contributed by atoms with Gasteiger partial charge in [-0.2, -0.15) is 0 Å². The van der Waals surface area contributed by atoms with Crippen LogP contribution in [-0.4, -0.2) is 26.5 Å². The molecule has 0 unspecified atom stereocenters. The van der Waals surface area contributed by atoms with E-state index in [1.54, 1.807) is 6.07 Å². The molecule has 0 aliphatic carbocycles. The zero-order valence-corrected chi connectivity index (χ0v) is 12.8. The lowest BCUT2D eigenvalue weighted by molar-refractivity contribution is 0.338. The number of nitrogens with two attached hydrogens (primary N) is 1. The van der Waals surface area contributed by atoms with E-state index in [2.05, 4.69) is 15.9 Å². The molecule has 18 heavy (non-hydrogen) atoms.